The summed E-state index contributed by atoms with van der Waals surface area (Å²) in [6.45, 7) is 3.04. The lowest BCUT2D eigenvalue weighted by molar-refractivity contribution is -0.479. The minimum Gasteiger partial charge on any atom is -0.444 e. The van der Waals surface area contributed by atoms with Gasteiger partial charge in [-0.15, -0.1) is 0 Å². The van der Waals surface area contributed by atoms with E-state index < -0.39 is 73.9 Å². The summed E-state index contributed by atoms with van der Waals surface area (Å²) in [5.74, 6) is 0. The van der Waals surface area contributed by atoms with Crippen molar-refractivity contribution in [2.75, 3.05) is 19.7 Å². The summed E-state index contributed by atoms with van der Waals surface area (Å²) >= 11 is 0. The van der Waals surface area contributed by atoms with Gasteiger partial charge in [0.1, 0.15) is 5.60 Å². The molecular weight excluding hydrogens is 560 g/mol. The first kappa shape index (κ1) is 31.6. The van der Waals surface area contributed by atoms with Crippen LogP contribution in [0.25, 0.3) is 0 Å². The van der Waals surface area contributed by atoms with Crippen molar-refractivity contribution in [2.24, 2.45) is 0 Å². The molecule has 1 aliphatic rings. The number of rotatable bonds is 11. The standard InChI is InChI=1S/C26H32N4O10S/c1-26(2,3)40-25(32)27-16-23(20(13-14-28(33)34)15-21(27)17-31)30(39-18-19-9-5-4-6-10-19)41(37,38)24-12-8-7-11-22(24)29(35)36/h4-12,15,21,23,31H,13-14,16-18H2,1-3H3. The van der Waals surface area contributed by atoms with E-state index in [1.807, 2.05) is 0 Å². The predicted molar refractivity (Wildman–Crippen MR) is 146 cm³/mol. The lowest BCUT2D eigenvalue weighted by Crippen LogP contribution is -2.56. The number of amides is 1. The van der Waals surface area contributed by atoms with Crippen LogP contribution in [0.3, 0.4) is 0 Å². The van der Waals surface area contributed by atoms with Crippen molar-refractivity contribution in [3.05, 3.63) is 92.0 Å². The normalized spacial score (nSPS) is 17.7. The van der Waals surface area contributed by atoms with Crippen LogP contribution in [0.15, 0.2) is 71.1 Å². The van der Waals surface area contributed by atoms with Gasteiger partial charge in [-0.2, -0.15) is 0 Å². The molecule has 3 rings (SSSR count). The predicted octanol–water partition coefficient (Wildman–Crippen LogP) is 3.29. The summed E-state index contributed by atoms with van der Waals surface area (Å²) < 4.78 is 34.2. The molecule has 14 nitrogen and oxygen atoms in total. The lowest BCUT2D eigenvalue weighted by Gasteiger charge is -2.41. The second kappa shape index (κ2) is 13.2. The van der Waals surface area contributed by atoms with Gasteiger partial charge in [-0.25, -0.2) is 13.2 Å². The molecule has 2 unspecified atom stereocenters. The van der Waals surface area contributed by atoms with E-state index in [0.29, 0.717) is 10.0 Å². The zero-order valence-electron chi connectivity index (χ0n) is 22.8. The smallest absolute Gasteiger partial charge is 0.410 e. The molecule has 1 aliphatic heterocycles. The van der Waals surface area contributed by atoms with Crippen LogP contribution in [0.1, 0.15) is 32.8 Å². The number of aliphatic hydroxyl groups is 1. The van der Waals surface area contributed by atoms with Crippen LogP contribution >= 0.6 is 0 Å². The van der Waals surface area contributed by atoms with Gasteiger partial charge in [-0.3, -0.25) is 30.0 Å². The molecule has 0 aromatic heterocycles. The molecule has 15 heteroatoms. The Bertz CT molecular complexity index is 1390. The fourth-order valence-corrected chi connectivity index (χ4v) is 5.78. The molecule has 0 saturated carbocycles. The Labute approximate surface area is 237 Å². The molecule has 1 heterocycles. The summed E-state index contributed by atoms with van der Waals surface area (Å²) in [6.07, 6.45) is 0.265. The highest BCUT2D eigenvalue weighted by atomic mass is 32.2. The quantitative estimate of drug-likeness (QED) is 0.231. The molecular formula is C26H32N4O10S. The molecule has 2 aromatic carbocycles. The average Bonchev–Trinajstić information content (AvgIpc) is 2.91. The second-order valence-electron chi connectivity index (χ2n) is 10.2. The third kappa shape index (κ3) is 8.07. The first-order chi connectivity index (χ1) is 19.2. The number of carbonyl (C=O) groups is 1. The molecule has 0 spiro atoms. The van der Waals surface area contributed by atoms with Crippen LogP contribution < -0.4 is 0 Å². The molecule has 41 heavy (non-hydrogen) atoms. The number of aliphatic hydroxyl groups excluding tert-OH is 1. The molecule has 0 bridgehead atoms. The van der Waals surface area contributed by atoms with Crippen LogP contribution in [0.5, 0.6) is 0 Å². The van der Waals surface area contributed by atoms with Gasteiger partial charge >= 0.3 is 6.09 Å². The summed E-state index contributed by atoms with van der Waals surface area (Å²) in [4.78, 5) is 40.9. The Morgan fingerprint density at radius 2 is 1.73 bits per heavy atom. The number of hydroxylamine groups is 1. The van der Waals surface area contributed by atoms with E-state index in [-0.39, 0.29) is 18.6 Å². The van der Waals surface area contributed by atoms with Crippen LogP contribution in [-0.4, -0.2) is 76.2 Å². The molecule has 222 valence electrons. The Balaban J connectivity index is 2.16. The van der Waals surface area contributed by atoms with Crippen molar-refractivity contribution in [1.82, 2.24) is 9.37 Å². The number of nitrogens with zero attached hydrogens (tertiary/aromatic N) is 4. The van der Waals surface area contributed by atoms with Gasteiger partial charge in [0.05, 0.1) is 30.2 Å². The molecule has 0 fully saturated rings. The van der Waals surface area contributed by atoms with E-state index in [0.717, 1.165) is 17.0 Å². The highest BCUT2D eigenvalue weighted by Crippen LogP contribution is 2.33. The van der Waals surface area contributed by atoms with Crippen LogP contribution in [0, 0.1) is 20.2 Å². The molecule has 0 radical (unpaired) electrons. The number of ether oxygens (including phenoxy) is 1. The minimum absolute atomic E-state index is 0.191. The fraction of sp³-hybridized carbons (Fsp3) is 0.423. The van der Waals surface area contributed by atoms with Gasteiger partial charge in [0.2, 0.25) is 6.54 Å². The van der Waals surface area contributed by atoms with E-state index in [4.69, 9.17) is 9.57 Å². The van der Waals surface area contributed by atoms with E-state index in [1.165, 1.54) is 18.2 Å². The first-order valence-corrected chi connectivity index (χ1v) is 14.1. The lowest BCUT2D eigenvalue weighted by atomic mass is 9.96. The number of hydrogen-bond donors (Lipinski definition) is 1. The van der Waals surface area contributed by atoms with Gasteiger partial charge < -0.3 is 9.84 Å². The monoisotopic (exact) mass is 592 g/mol. The van der Waals surface area contributed by atoms with Crippen LogP contribution in [0.2, 0.25) is 0 Å². The molecule has 0 aliphatic carbocycles. The van der Waals surface area contributed by atoms with Gasteiger partial charge in [0.25, 0.3) is 15.7 Å². The fourth-order valence-electron chi connectivity index (χ4n) is 4.20. The Hall–Kier alpha value is -3.92. The number of hydrogen-bond acceptors (Lipinski definition) is 10. The van der Waals surface area contributed by atoms with Crippen molar-refractivity contribution in [3.63, 3.8) is 0 Å². The topological polar surface area (TPSA) is 183 Å². The van der Waals surface area contributed by atoms with Crippen molar-refractivity contribution >= 4 is 21.8 Å². The Morgan fingerprint density at radius 3 is 2.32 bits per heavy atom. The van der Waals surface area contributed by atoms with Crippen molar-refractivity contribution < 1.29 is 37.7 Å². The highest BCUT2D eigenvalue weighted by molar-refractivity contribution is 7.89. The van der Waals surface area contributed by atoms with Crippen molar-refractivity contribution in [3.8, 4) is 0 Å². The zero-order valence-corrected chi connectivity index (χ0v) is 23.6. The summed E-state index contributed by atoms with van der Waals surface area (Å²) in [6, 6.07) is 10.9. The van der Waals surface area contributed by atoms with E-state index in [1.54, 1.807) is 51.1 Å². The first-order valence-electron chi connectivity index (χ1n) is 12.6. The molecule has 2 aromatic rings. The number of benzene rings is 2. The summed E-state index contributed by atoms with van der Waals surface area (Å²) in [5, 5.41) is 33.0. The highest BCUT2D eigenvalue weighted by Gasteiger charge is 2.44. The van der Waals surface area contributed by atoms with Gasteiger partial charge in [-0.1, -0.05) is 53.0 Å². The summed E-state index contributed by atoms with van der Waals surface area (Å²) in [5.41, 5.74) is -0.873. The molecule has 1 amide bonds. The maximum Gasteiger partial charge on any atom is 0.410 e. The van der Waals surface area contributed by atoms with Gasteiger partial charge in [0.15, 0.2) is 4.90 Å². The molecule has 0 saturated heterocycles. The maximum absolute atomic E-state index is 14.1. The van der Waals surface area contributed by atoms with Gasteiger partial charge in [-0.05, 0) is 38.0 Å². The summed E-state index contributed by atoms with van der Waals surface area (Å²) in [7, 11) is -4.81. The Kier molecular flexibility index (Phi) is 10.1. The van der Waals surface area contributed by atoms with E-state index in [2.05, 4.69) is 0 Å². The largest absolute Gasteiger partial charge is 0.444 e. The third-order valence-corrected chi connectivity index (χ3v) is 7.77. The Morgan fingerprint density at radius 1 is 1.10 bits per heavy atom. The second-order valence-corrected chi connectivity index (χ2v) is 11.9. The van der Waals surface area contributed by atoms with Crippen LogP contribution in [-0.2, 0) is 26.2 Å². The van der Waals surface area contributed by atoms with E-state index >= 15 is 0 Å². The van der Waals surface area contributed by atoms with E-state index in [9.17, 15) is 38.5 Å². The number of sulfonamides is 1. The minimum atomic E-state index is -4.81. The number of carbonyl (C=O) groups excluding carboxylic acids is 1. The van der Waals surface area contributed by atoms with Crippen molar-refractivity contribution in [1.29, 1.82) is 0 Å². The maximum atomic E-state index is 14.1. The number of para-hydroxylation sites is 1. The van der Waals surface area contributed by atoms with Crippen molar-refractivity contribution in [2.45, 2.75) is 56.4 Å². The zero-order chi connectivity index (χ0) is 30.4. The SMILES string of the molecule is CC(C)(C)OC(=O)N1CC(N(OCc2ccccc2)S(=O)(=O)c2ccccc2[N+](=O)[O-])C(CC[N+](=O)[O-])=CC1CO. The molecule has 2 atom stereocenters. The molecule has 1 N–H and O–H groups in total. The third-order valence-electron chi connectivity index (χ3n) is 6.04. The number of nitro groups is 2. The van der Waals surface area contributed by atoms with Crippen LogP contribution in [0.4, 0.5) is 10.5 Å². The number of nitro benzene ring substituents is 1. The van der Waals surface area contributed by atoms with Gasteiger partial charge in [0, 0.05) is 24.0 Å². The average molecular weight is 593 g/mol.